The van der Waals surface area contributed by atoms with E-state index >= 15 is 0 Å². The number of ether oxygens (including phenoxy) is 1. The molecule has 2 rings (SSSR count). The average molecular weight is 245 g/mol. The molecule has 0 aromatic heterocycles. The molecule has 1 aromatic carbocycles. The van der Waals surface area contributed by atoms with Crippen molar-refractivity contribution in [3.8, 4) is 0 Å². The number of para-hydroxylation sites is 1. The minimum absolute atomic E-state index is 0. The van der Waals surface area contributed by atoms with Crippen molar-refractivity contribution < 1.29 is 70.8 Å². The first-order valence-corrected chi connectivity index (χ1v) is 4.41. The number of aliphatic carboxylic acids is 1. The maximum Gasteiger partial charge on any atom is 1.00 e. The zero-order valence-corrected chi connectivity index (χ0v) is 11.8. The van der Waals surface area contributed by atoms with Crippen LogP contribution in [-0.2, 0) is 14.3 Å². The Balaban J connectivity index is 0.00000128. The van der Waals surface area contributed by atoms with Crippen LogP contribution in [0.4, 0.5) is 5.69 Å². The number of hydrogen-bond donors (Lipinski definition) is 1. The Labute approximate surface area is 135 Å². The van der Waals surface area contributed by atoms with Gasteiger partial charge >= 0.3 is 51.4 Å². The number of carboxylic acids is 1. The molecule has 0 spiro atoms. The Morgan fingerprint density at radius 1 is 1.19 bits per heavy atom. The van der Waals surface area contributed by atoms with Crippen molar-refractivity contribution in [1.29, 1.82) is 0 Å². The second-order valence-electron chi connectivity index (χ2n) is 3.15. The van der Waals surface area contributed by atoms with Crippen LogP contribution in [0.1, 0.15) is 0 Å². The topological polar surface area (TPSA) is 81.8 Å². The number of hydrogen-bond acceptors (Lipinski definition) is 4. The van der Waals surface area contributed by atoms with E-state index in [-0.39, 0.29) is 51.4 Å². The summed E-state index contributed by atoms with van der Waals surface area (Å²) in [6, 6.07) is 8.75. The number of anilines is 1. The molecule has 2 atom stereocenters. The van der Waals surface area contributed by atoms with Crippen LogP contribution < -0.4 is 61.8 Å². The first-order chi connectivity index (χ1) is 7.18. The van der Waals surface area contributed by atoms with E-state index in [0.717, 1.165) is 0 Å². The van der Waals surface area contributed by atoms with Crippen molar-refractivity contribution in [3.05, 3.63) is 30.3 Å². The SMILES string of the molecule is O=C([O-])C1OC1C(=O)Nc1ccccc1.[K+]. The van der Waals surface area contributed by atoms with Gasteiger partial charge in [-0.05, 0) is 12.1 Å². The summed E-state index contributed by atoms with van der Waals surface area (Å²) >= 11 is 0. The van der Waals surface area contributed by atoms with Crippen LogP contribution in [0.5, 0.6) is 0 Å². The van der Waals surface area contributed by atoms with E-state index in [9.17, 15) is 14.7 Å². The number of epoxide rings is 1. The number of nitrogens with one attached hydrogen (secondary N) is 1. The Morgan fingerprint density at radius 2 is 1.81 bits per heavy atom. The summed E-state index contributed by atoms with van der Waals surface area (Å²) in [5.41, 5.74) is 0.607. The maximum atomic E-state index is 11.4. The molecule has 6 heteroatoms. The standard InChI is InChI=1S/C10H9NO4.K/c12-9(7-8(15-7)10(13)14)11-6-4-2-1-3-5-6;/h1-5,7-8H,(H,11,12)(H,13,14);/q;+1/p-1. The third-order valence-corrected chi connectivity index (χ3v) is 2.02. The van der Waals surface area contributed by atoms with E-state index in [1.807, 2.05) is 6.07 Å². The minimum Gasteiger partial charge on any atom is -0.547 e. The van der Waals surface area contributed by atoms with Gasteiger partial charge in [-0.3, -0.25) is 4.79 Å². The molecule has 16 heavy (non-hydrogen) atoms. The Bertz CT molecular complexity index is 395. The fourth-order valence-corrected chi connectivity index (χ4v) is 1.23. The third-order valence-electron chi connectivity index (χ3n) is 2.02. The van der Waals surface area contributed by atoms with Gasteiger partial charge in [-0.15, -0.1) is 0 Å². The molecule has 1 saturated heterocycles. The van der Waals surface area contributed by atoms with E-state index in [4.69, 9.17) is 0 Å². The van der Waals surface area contributed by atoms with Gasteiger partial charge in [0.05, 0.1) is 5.97 Å². The van der Waals surface area contributed by atoms with E-state index in [2.05, 4.69) is 10.1 Å². The summed E-state index contributed by atoms with van der Waals surface area (Å²) in [7, 11) is 0. The summed E-state index contributed by atoms with van der Waals surface area (Å²) in [6.07, 6.45) is -2.02. The molecule has 0 saturated carbocycles. The number of rotatable bonds is 3. The summed E-state index contributed by atoms with van der Waals surface area (Å²) < 4.78 is 4.64. The van der Waals surface area contributed by atoms with E-state index in [1.165, 1.54) is 0 Å². The zero-order valence-electron chi connectivity index (χ0n) is 8.67. The first kappa shape index (κ1) is 13.8. The van der Waals surface area contributed by atoms with Crippen molar-refractivity contribution in [2.45, 2.75) is 12.2 Å². The molecule has 1 aromatic rings. The van der Waals surface area contributed by atoms with Crippen molar-refractivity contribution in [1.82, 2.24) is 0 Å². The summed E-state index contributed by atoms with van der Waals surface area (Å²) in [4.78, 5) is 21.7. The van der Waals surface area contributed by atoms with Crippen LogP contribution >= 0.6 is 0 Å². The molecule has 5 nitrogen and oxygen atoms in total. The predicted octanol–water partition coefficient (Wildman–Crippen LogP) is -3.85. The van der Waals surface area contributed by atoms with E-state index in [0.29, 0.717) is 5.69 Å². The van der Waals surface area contributed by atoms with Crippen molar-refractivity contribution in [2.75, 3.05) is 5.32 Å². The Morgan fingerprint density at radius 3 is 2.31 bits per heavy atom. The second kappa shape index (κ2) is 5.90. The molecule has 0 aliphatic carbocycles. The van der Waals surface area contributed by atoms with Gasteiger partial charge in [0.25, 0.3) is 5.91 Å². The molecule has 2 unspecified atom stereocenters. The van der Waals surface area contributed by atoms with Crippen LogP contribution in [0.3, 0.4) is 0 Å². The molecule has 1 aliphatic heterocycles. The quantitative estimate of drug-likeness (QED) is 0.436. The zero-order chi connectivity index (χ0) is 10.8. The van der Waals surface area contributed by atoms with Crippen LogP contribution in [0, 0.1) is 0 Å². The predicted molar refractivity (Wildman–Crippen MR) is 48.7 cm³/mol. The van der Waals surface area contributed by atoms with Gasteiger partial charge in [0.15, 0.2) is 6.10 Å². The molecule has 78 valence electrons. The van der Waals surface area contributed by atoms with Gasteiger partial charge in [0, 0.05) is 5.69 Å². The molecule has 1 heterocycles. The number of carbonyl (C=O) groups is 2. The van der Waals surface area contributed by atoms with Gasteiger partial charge in [0.1, 0.15) is 6.10 Å². The third kappa shape index (κ3) is 3.37. The molecule has 1 amide bonds. The summed E-state index contributed by atoms with van der Waals surface area (Å²) in [6.45, 7) is 0. The molecular weight excluding hydrogens is 237 g/mol. The first-order valence-electron chi connectivity index (χ1n) is 4.41. The number of amides is 1. The van der Waals surface area contributed by atoms with Gasteiger partial charge in [-0.25, -0.2) is 0 Å². The number of carboxylic acid groups (broad SMARTS) is 1. The van der Waals surface area contributed by atoms with Crippen molar-refractivity contribution in [2.24, 2.45) is 0 Å². The fraction of sp³-hybridized carbons (Fsp3) is 0.200. The fourth-order valence-electron chi connectivity index (χ4n) is 1.23. The van der Waals surface area contributed by atoms with Crippen LogP contribution in [-0.4, -0.2) is 24.1 Å². The smallest absolute Gasteiger partial charge is 0.547 e. The number of benzene rings is 1. The normalized spacial score (nSPS) is 21.8. The Kier molecular flexibility index (Phi) is 5.10. The molecule has 0 radical (unpaired) electrons. The molecule has 0 bridgehead atoms. The monoisotopic (exact) mass is 245 g/mol. The van der Waals surface area contributed by atoms with Gasteiger partial charge in [-0.2, -0.15) is 0 Å². The van der Waals surface area contributed by atoms with Crippen molar-refractivity contribution in [3.63, 3.8) is 0 Å². The van der Waals surface area contributed by atoms with E-state index in [1.54, 1.807) is 24.3 Å². The van der Waals surface area contributed by atoms with Crippen LogP contribution in [0.25, 0.3) is 0 Å². The largest absolute Gasteiger partial charge is 1.00 e. The molecule has 1 fully saturated rings. The van der Waals surface area contributed by atoms with E-state index < -0.39 is 24.1 Å². The van der Waals surface area contributed by atoms with Crippen LogP contribution in [0.15, 0.2) is 30.3 Å². The average Bonchev–Trinajstić information content (AvgIpc) is 2.98. The maximum absolute atomic E-state index is 11.4. The second-order valence-corrected chi connectivity index (χ2v) is 3.15. The number of carbonyl (C=O) groups excluding carboxylic acids is 2. The van der Waals surface area contributed by atoms with Gasteiger partial charge in [0.2, 0.25) is 0 Å². The molecule has 1 aliphatic rings. The van der Waals surface area contributed by atoms with Gasteiger partial charge < -0.3 is 20.0 Å². The van der Waals surface area contributed by atoms with Crippen LogP contribution in [0.2, 0.25) is 0 Å². The molecular formula is C10H8KNO4. The Hall–Kier alpha value is -0.244. The minimum atomic E-state index is -1.36. The van der Waals surface area contributed by atoms with Crippen molar-refractivity contribution >= 4 is 17.6 Å². The molecule has 1 N–H and O–H groups in total. The van der Waals surface area contributed by atoms with Gasteiger partial charge in [-0.1, -0.05) is 18.2 Å². The summed E-state index contributed by atoms with van der Waals surface area (Å²) in [5.74, 6) is -1.82. The summed E-state index contributed by atoms with van der Waals surface area (Å²) in [5, 5.41) is 12.8.